The highest BCUT2D eigenvalue weighted by molar-refractivity contribution is 14.1. The van der Waals surface area contributed by atoms with Gasteiger partial charge >= 0.3 is 0 Å². The normalized spacial score (nSPS) is 11.0. The molecule has 0 saturated heterocycles. The minimum absolute atomic E-state index is 0.283. The van der Waals surface area contributed by atoms with Crippen LogP contribution in [-0.2, 0) is 6.61 Å². The number of ether oxygens (including phenoxy) is 3. The van der Waals surface area contributed by atoms with Gasteiger partial charge in [-0.3, -0.25) is 0 Å². The minimum Gasteiger partial charge on any atom is -0.497 e. The summed E-state index contributed by atoms with van der Waals surface area (Å²) >= 11 is 2.19. The molecule has 0 bridgehead atoms. The minimum atomic E-state index is -0.283. The maximum atomic E-state index is 13.1. The van der Waals surface area contributed by atoms with Crippen LogP contribution < -0.4 is 14.2 Å². The summed E-state index contributed by atoms with van der Waals surface area (Å²) in [6.45, 7) is 2.66. The summed E-state index contributed by atoms with van der Waals surface area (Å²) in [7, 11) is 1.60. The van der Waals surface area contributed by atoms with Crippen LogP contribution in [0, 0.1) is 20.7 Å². The second kappa shape index (κ2) is 10.8. The van der Waals surface area contributed by atoms with E-state index < -0.39 is 0 Å². The molecule has 31 heavy (non-hydrogen) atoms. The van der Waals surface area contributed by atoms with Gasteiger partial charge < -0.3 is 14.2 Å². The Balaban J connectivity index is 1.89. The Morgan fingerprint density at radius 3 is 2.39 bits per heavy atom. The molecule has 4 nitrogen and oxygen atoms in total. The van der Waals surface area contributed by atoms with E-state index in [1.54, 1.807) is 19.2 Å². The van der Waals surface area contributed by atoms with E-state index in [0.29, 0.717) is 30.3 Å². The first kappa shape index (κ1) is 22.6. The molecule has 3 aromatic rings. The quantitative estimate of drug-likeness (QED) is 0.191. The standard InChI is InChI=1S/C25H21FINO3/c1-3-30-24-14-18(12-20(15-28)19-6-10-22(29-2)11-7-19)13-23(27)25(24)31-16-17-4-8-21(26)9-5-17/h4-14H,3,16H2,1-2H3/b20-12+. The number of hydrogen-bond donors (Lipinski definition) is 0. The van der Waals surface area contributed by atoms with Gasteiger partial charge in [0.1, 0.15) is 18.2 Å². The number of rotatable bonds is 8. The van der Waals surface area contributed by atoms with Gasteiger partial charge in [-0.2, -0.15) is 5.26 Å². The molecule has 3 rings (SSSR count). The molecule has 0 fully saturated rings. The van der Waals surface area contributed by atoms with Crippen molar-refractivity contribution in [2.24, 2.45) is 0 Å². The Bertz CT molecular complexity index is 1100. The zero-order valence-electron chi connectivity index (χ0n) is 17.2. The molecule has 0 amide bonds. The fourth-order valence-corrected chi connectivity index (χ4v) is 3.71. The van der Waals surface area contributed by atoms with Gasteiger partial charge in [0.2, 0.25) is 0 Å². The summed E-state index contributed by atoms with van der Waals surface area (Å²) < 4.78 is 30.9. The van der Waals surface area contributed by atoms with Crippen molar-refractivity contribution in [1.82, 2.24) is 0 Å². The summed E-state index contributed by atoms with van der Waals surface area (Å²) in [5.74, 6) is 1.66. The van der Waals surface area contributed by atoms with Crippen molar-refractivity contribution in [2.75, 3.05) is 13.7 Å². The summed E-state index contributed by atoms with van der Waals surface area (Å²) in [5.41, 5.74) is 3.01. The van der Waals surface area contributed by atoms with E-state index in [0.717, 1.165) is 26.0 Å². The van der Waals surface area contributed by atoms with Crippen LogP contribution in [0.2, 0.25) is 0 Å². The molecule has 0 aliphatic heterocycles. The average Bonchev–Trinajstić information content (AvgIpc) is 2.78. The molecule has 0 atom stereocenters. The van der Waals surface area contributed by atoms with E-state index in [9.17, 15) is 9.65 Å². The van der Waals surface area contributed by atoms with E-state index in [1.165, 1.54) is 12.1 Å². The lowest BCUT2D eigenvalue weighted by atomic mass is 10.0. The van der Waals surface area contributed by atoms with Crippen molar-refractivity contribution < 1.29 is 18.6 Å². The van der Waals surface area contributed by atoms with Crippen molar-refractivity contribution in [3.8, 4) is 23.3 Å². The Labute approximate surface area is 195 Å². The van der Waals surface area contributed by atoms with Gasteiger partial charge in [-0.25, -0.2) is 4.39 Å². The van der Waals surface area contributed by atoms with Crippen LogP contribution in [0.4, 0.5) is 4.39 Å². The van der Waals surface area contributed by atoms with Crippen molar-refractivity contribution in [3.05, 3.63) is 86.7 Å². The first-order valence-corrected chi connectivity index (χ1v) is 10.7. The molecule has 0 N–H and O–H groups in total. The largest absolute Gasteiger partial charge is 0.497 e. The van der Waals surface area contributed by atoms with Crippen LogP contribution in [0.3, 0.4) is 0 Å². The van der Waals surface area contributed by atoms with E-state index >= 15 is 0 Å². The second-order valence-corrected chi connectivity index (χ2v) is 7.74. The second-order valence-electron chi connectivity index (χ2n) is 6.58. The molecular formula is C25H21FINO3. The van der Waals surface area contributed by atoms with Crippen LogP contribution in [0.25, 0.3) is 11.6 Å². The topological polar surface area (TPSA) is 51.5 Å². The molecule has 0 heterocycles. The SMILES string of the molecule is CCOc1cc(/C=C(\C#N)c2ccc(OC)cc2)cc(I)c1OCc1ccc(F)cc1. The predicted octanol–water partition coefficient (Wildman–Crippen LogP) is 6.48. The van der Waals surface area contributed by atoms with Gasteiger partial charge in [0, 0.05) is 0 Å². The highest BCUT2D eigenvalue weighted by Crippen LogP contribution is 2.36. The highest BCUT2D eigenvalue weighted by Gasteiger charge is 2.13. The van der Waals surface area contributed by atoms with Crippen molar-refractivity contribution in [1.29, 1.82) is 5.26 Å². The summed E-state index contributed by atoms with van der Waals surface area (Å²) in [6.07, 6.45) is 1.82. The lowest BCUT2D eigenvalue weighted by Crippen LogP contribution is -2.02. The van der Waals surface area contributed by atoms with Gasteiger partial charge in [-0.15, -0.1) is 0 Å². The summed E-state index contributed by atoms with van der Waals surface area (Å²) in [6, 6.07) is 19.6. The lowest BCUT2D eigenvalue weighted by Gasteiger charge is -2.15. The molecule has 6 heteroatoms. The van der Waals surface area contributed by atoms with Crippen molar-refractivity contribution in [3.63, 3.8) is 0 Å². The van der Waals surface area contributed by atoms with E-state index in [4.69, 9.17) is 14.2 Å². The fourth-order valence-electron chi connectivity index (χ4n) is 2.93. The van der Waals surface area contributed by atoms with Crippen molar-refractivity contribution in [2.45, 2.75) is 13.5 Å². The van der Waals surface area contributed by atoms with Crippen molar-refractivity contribution >= 4 is 34.2 Å². The number of halogens is 2. The van der Waals surface area contributed by atoms with Gasteiger partial charge in [0.15, 0.2) is 11.5 Å². The third kappa shape index (κ3) is 5.98. The third-order valence-electron chi connectivity index (χ3n) is 4.46. The number of nitrogens with zero attached hydrogens (tertiary/aromatic N) is 1. The third-order valence-corrected chi connectivity index (χ3v) is 5.26. The number of hydrogen-bond acceptors (Lipinski definition) is 4. The number of allylic oxidation sites excluding steroid dienone is 1. The maximum absolute atomic E-state index is 13.1. The summed E-state index contributed by atoms with van der Waals surface area (Å²) in [5, 5.41) is 9.66. The van der Waals surface area contributed by atoms with Gasteiger partial charge in [-0.05, 0) is 101 Å². The van der Waals surface area contributed by atoms with Gasteiger partial charge in [0.25, 0.3) is 0 Å². The van der Waals surface area contributed by atoms with E-state index in [1.807, 2.05) is 49.4 Å². The first-order chi connectivity index (χ1) is 15.0. The zero-order valence-corrected chi connectivity index (χ0v) is 19.4. The van der Waals surface area contributed by atoms with Crippen LogP contribution in [0.15, 0.2) is 60.7 Å². The van der Waals surface area contributed by atoms with E-state index in [2.05, 4.69) is 28.7 Å². The van der Waals surface area contributed by atoms with Crippen LogP contribution >= 0.6 is 22.6 Å². The van der Waals surface area contributed by atoms with Crippen LogP contribution in [0.5, 0.6) is 17.2 Å². The average molecular weight is 529 g/mol. The lowest BCUT2D eigenvalue weighted by molar-refractivity contribution is 0.267. The van der Waals surface area contributed by atoms with Crippen LogP contribution in [-0.4, -0.2) is 13.7 Å². The zero-order chi connectivity index (χ0) is 22.2. The highest BCUT2D eigenvalue weighted by atomic mass is 127. The molecule has 0 unspecified atom stereocenters. The molecular weight excluding hydrogens is 508 g/mol. The van der Waals surface area contributed by atoms with Gasteiger partial charge in [-0.1, -0.05) is 12.1 Å². The Hall–Kier alpha value is -3.05. The number of nitriles is 1. The summed E-state index contributed by atoms with van der Waals surface area (Å²) in [4.78, 5) is 0. The predicted molar refractivity (Wildman–Crippen MR) is 128 cm³/mol. The Morgan fingerprint density at radius 1 is 1.06 bits per heavy atom. The molecule has 0 spiro atoms. The molecule has 0 aliphatic rings. The van der Waals surface area contributed by atoms with E-state index in [-0.39, 0.29) is 5.82 Å². The maximum Gasteiger partial charge on any atom is 0.175 e. The molecule has 158 valence electrons. The fraction of sp³-hybridized carbons (Fsp3) is 0.160. The van der Waals surface area contributed by atoms with Crippen LogP contribution in [0.1, 0.15) is 23.6 Å². The molecule has 0 aliphatic carbocycles. The monoisotopic (exact) mass is 529 g/mol. The number of benzene rings is 3. The molecule has 0 saturated carbocycles. The Morgan fingerprint density at radius 2 is 1.77 bits per heavy atom. The Kier molecular flexibility index (Phi) is 7.90. The molecule has 0 aromatic heterocycles. The van der Waals surface area contributed by atoms with Gasteiger partial charge in [0.05, 0.1) is 28.9 Å². The molecule has 3 aromatic carbocycles. The number of methoxy groups -OCH3 is 1. The first-order valence-electron chi connectivity index (χ1n) is 9.63. The molecule has 0 radical (unpaired) electrons. The smallest absolute Gasteiger partial charge is 0.175 e.